The summed E-state index contributed by atoms with van der Waals surface area (Å²) in [5.41, 5.74) is 0.755. The van der Waals surface area contributed by atoms with Crippen LogP contribution in [-0.2, 0) is 28.5 Å². The molecule has 12 nitrogen and oxygen atoms in total. The highest BCUT2D eigenvalue weighted by Gasteiger charge is 2.35. The molecule has 0 N–H and O–H groups in total. The molecule has 6 rings (SSSR count). The van der Waals surface area contributed by atoms with Gasteiger partial charge in [-0.05, 0) is 25.7 Å². The van der Waals surface area contributed by atoms with Crippen molar-refractivity contribution in [2.24, 2.45) is 11.8 Å². The molecule has 0 atom stereocenters. The molecule has 6 heterocycles. The van der Waals surface area contributed by atoms with Crippen LogP contribution in [0.4, 0.5) is 0 Å². The molecular weight excluding hydrogens is 584 g/mol. The predicted molar refractivity (Wildman–Crippen MR) is 153 cm³/mol. The second kappa shape index (κ2) is 14.0. The summed E-state index contributed by atoms with van der Waals surface area (Å²) in [6.45, 7) is 5.28. The largest absolute Gasteiger partial charge is 0.464 e. The van der Waals surface area contributed by atoms with E-state index in [1.807, 2.05) is 9.80 Å². The number of thiazole rings is 2. The van der Waals surface area contributed by atoms with E-state index in [2.05, 4.69) is 19.4 Å². The number of ether oxygens (including phenoxy) is 4. The molecule has 228 valence electrons. The van der Waals surface area contributed by atoms with E-state index in [9.17, 15) is 19.2 Å². The minimum absolute atomic E-state index is 0.0624. The number of esters is 2. The third-order valence-corrected chi connectivity index (χ3v) is 10.1. The molecule has 4 saturated heterocycles. The van der Waals surface area contributed by atoms with Crippen LogP contribution in [0.2, 0.25) is 0 Å². The van der Waals surface area contributed by atoms with E-state index in [0.717, 1.165) is 61.9 Å². The zero-order valence-electron chi connectivity index (χ0n) is 23.8. The first-order valence-electron chi connectivity index (χ1n) is 14.2. The molecule has 4 fully saturated rings. The Morgan fingerprint density at radius 3 is 1.33 bits per heavy atom. The lowest BCUT2D eigenvalue weighted by Gasteiger charge is -2.36. The lowest BCUT2D eigenvalue weighted by atomic mass is 9.96. The van der Waals surface area contributed by atoms with Crippen molar-refractivity contribution in [2.75, 3.05) is 66.8 Å². The van der Waals surface area contributed by atoms with Crippen LogP contribution >= 0.6 is 22.7 Å². The molecule has 0 saturated carbocycles. The van der Waals surface area contributed by atoms with Crippen molar-refractivity contribution in [1.82, 2.24) is 19.8 Å². The van der Waals surface area contributed by atoms with E-state index in [4.69, 9.17) is 9.47 Å². The number of aromatic nitrogens is 2. The van der Waals surface area contributed by atoms with Gasteiger partial charge in [0.15, 0.2) is 11.4 Å². The molecule has 0 spiro atoms. The quantitative estimate of drug-likeness (QED) is 0.443. The van der Waals surface area contributed by atoms with E-state index in [-0.39, 0.29) is 23.7 Å². The van der Waals surface area contributed by atoms with Crippen molar-refractivity contribution in [3.8, 4) is 0 Å². The maximum absolute atomic E-state index is 12.1. The van der Waals surface area contributed by atoms with Crippen molar-refractivity contribution in [2.45, 2.75) is 37.5 Å². The second-order valence-corrected chi connectivity index (χ2v) is 12.6. The number of piperidine rings is 2. The van der Waals surface area contributed by atoms with Gasteiger partial charge in [-0.1, -0.05) is 0 Å². The third kappa shape index (κ3) is 6.99. The highest BCUT2D eigenvalue weighted by molar-refractivity contribution is 7.10. The molecule has 0 aliphatic carbocycles. The third-order valence-electron chi connectivity index (χ3n) is 8.12. The fourth-order valence-corrected chi connectivity index (χ4v) is 7.23. The Morgan fingerprint density at radius 1 is 0.690 bits per heavy atom. The van der Waals surface area contributed by atoms with Crippen LogP contribution < -0.4 is 0 Å². The maximum Gasteiger partial charge on any atom is 0.357 e. The molecule has 0 unspecified atom stereocenters. The average Bonchev–Trinajstić information content (AvgIpc) is 3.66. The Morgan fingerprint density at radius 2 is 1.05 bits per heavy atom. The van der Waals surface area contributed by atoms with Gasteiger partial charge in [0.2, 0.25) is 11.8 Å². The number of carbonyl (C=O) groups excluding carboxylic acids is 4. The SMILES string of the molecule is COC(=O)c1csc(C2CCN(C(=O)C3COC3)CC2)n1.COC(=O)c1csc(C2CCN(C(=O)C3COC3)CC2)n1. The smallest absolute Gasteiger partial charge is 0.357 e. The first kappa shape index (κ1) is 30.5. The average molecular weight is 621 g/mol. The number of nitrogens with zero attached hydrogens (tertiary/aromatic N) is 4. The fourth-order valence-electron chi connectivity index (χ4n) is 5.31. The van der Waals surface area contributed by atoms with Gasteiger partial charge in [-0.3, -0.25) is 9.59 Å². The van der Waals surface area contributed by atoms with E-state index in [0.29, 0.717) is 49.7 Å². The predicted octanol–water partition coefficient (Wildman–Crippen LogP) is 2.56. The van der Waals surface area contributed by atoms with E-state index < -0.39 is 11.9 Å². The molecule has 2 aromatic heterocycles. The molecule has 0 aromatic carbocycles. The minimum Gasteiger partial charge on any atom is -0.464 e. The number of hydrogen-bond acceptors (Lipinski definition) is 12. The Kier molecular flexibility index (Phi) is 10.2. The number of amides is 2. The topological polar surface area (TPSA) is 137 Å². The van der Waals surface area contributed by atoms with Gasteiger partial charge in [0.25, 0.3) is 0 Å². The number of rotatable bonds is 6. The van der Waals surface area contributed by atoms with Crippen LogP contribution in [0.15, 0.2) is 10.8 Å². The zero-order chi connectivity index (χ0) is 29.6. The summed E-state index contributed by atoms with van der Waals surface area (Å²) < 4.78 is 19.5. The Labute approximate surface area is 252 Å². The minimum atomic E-state index is -0.393. The molecule has 4 aliphatic rings. The molecule has 2 amide bonds. The van der Waals surface area contributed by atoms with Gasteiger partial charge in [0.05, 0.1) is 62.5 Å². The number of methoxy groups -OCH3 is 2. The molecule has 14 heteroatoms. The van der Waals surface area contributed by atoms with Gasteiger partial charge in [-0.15, -0.1) is 22.7 Å². The summed E-state index contributed by atoms with van der Waals surface area (Å²) in [5, 5.41) is 5.42. The first-order valence-corrected chi connectivity index (χ1v) is 15.9. The van der Waals surface area contributed by atoms with Crippen LogP contribution in [0.5, 0.6) is 0 Å². The zero-order valence-corrected chi connectivity index (χ0v) is 25.5. The van der Waals surface area contributed by atoms with Gasteiger partial charge in [-0.25, -0.2) is 19.6 Å². The molecule has 0 radical (unpaired) electrons. The standard InChI is InChI=1S/2C14H18N2O4S/c2*1-19-14(18)11-8-21-12(15-11)9-2-4-16(5-3-9)13(17)10-6-20-7-10/h2*8-10H,2-7H2,1H3. The van der Waals surface area contributed by atoms with Crippen molar-refractivity contribution < 1.29 is 38.1 Å². The summed E-state index contributed by atoms with van der Waals surface area (Å²) in [6, 6.07) is 0. The van der Waals surface area contributed by atoms with E-state index in [1.54, 1.807) is 10.8 Å². The number of hydrogen-bond donors (Lipinski definition) is 0. The van der Waals surface area contributed by atoms with E-state index >= 15 is 0 Å². The maximum atomic E-state index is 12.1. The number of likely N-dealkylation sites (tertiary alicyclic amines) is 2. The van der Waals surface area contributed by atoms with Crippen LogP contribution in [0, 0.1) is 11.8 Å². The summed E-state index contributed by atoms with van der Waals surface area (Å²) in [7, 11) is 2.71. The van der Waals surface area contributed by atoms with Crippen LogP contribution in [0.3, 0.4) is 0 Å². The Balaban J connectivity index is 0.000000168. The van der Waals surface area contributed by atoms with Crippen LogP contribution in [0.25, 0.3) is 0 Å². The highest BCUT2D eigenvalue weighted by Crippen LogP contribution is 2.32. The van der Waals surface area contributed by atoms with Gasteiger partial charge >= 0.3 is 11.9 Å². The summed E-state index contributed by atoms with van der Waals surface area (Å²) in [6.07, 6.45) is 3.59. The normalized spacial score (nSPS) is 20.1. The van der Waals surface area contributed by atoms with Crippen molar-refractivity contribution in [3.05, 3.63) is 32.2 Å². The monoisotopic (exact) mass is 620 g/mol. The van der Waals surface area contributed by atoms with Crippen molar-refractivity contribution in [1.29, 1.82) is 0 Å². The van der Waals surface area contributed by atoms with Gasteiger partial charge < -0.3 is 28.7 Å². The van der Waals surface area contributed by atoms with Crippen LogP contribution in [-0.4, -0.2) is 110 Å². The summed E-state index contributed by atoms with van der Waals surface area (Å²) in [4.78, 5) is 59.7. The molecule has 4 aliphatic heterocycles. The second-order valence-electron chi connectivity index (χ2n) is 10.8. The Bertz CT molecular complexity index is 1160. The first-order chi connectivity index (χ1) is 20.4. The lowest BCUT2D eigenvalue weighted by Crippen LogP contribution is -2.47. The molecule has 0 bridgehead atoms. The van der Waals surface area contributed by atoms with Crippen molar-refractivity contribution in [3.63, 3.8) is 0 Å². The number of carbonyl (C=O) groups is 4. The lowest BCUT2D eigenvalue weighted by molar-refractivity contribution is -0.151. The van der Waals surface area contributed by atoms with E-state index in [1.165, 1.54) is 36.9 Å². The summed E-state index contributed by atoms with van der Waals surface area (Å²) >= 11 is 2.99. The van der Waals surface area contributed by atoms with Gasteiger partial charge in [0.1, 0.15) is 0 Å². The summed E-state index contributed by atoms with van der Waals surface area (Å²) in [5.74, 6) is 0.429. The molecular formula is C28H36N4O8S2. The van der Waals surface area contributed by atoms with Gasteiger partial charge in [0, 0.05) is 48.8 Å². The van der Waals surface area contributed by atoms with Gasteiger partial charge in [-0.2, -0.15) is 0 Å². The molecule has 42 heavy (non-hydrogen) atoms. The van der Waals surface area contributed by atoms with Crippen LogP contribution in [0.1, 0.15) is 68.5 Å². The Hall–Kier alpha value is -2.94. The molecule has 2 aromatic rings. The fraction of sp³-hybridized carbons (Fsp3) is 0.643. The van der Waals surface area contributed by atoms with Crippen molar-refractivity contribution >= 4 is 46.4 Å². The highest BCUT2D eigenvalue weighted by atomic mass is 32.1.